The Morgan fingerprint density at radius 2 is 2.07 bits per heavy atom. The molecule has 2 rings (SSSR count). The molecule has 0 radical (unpaired) electrons. The lowest BCUT2D eigenvalue weighted by atomic mass is 10.0. The summed E-state index contributed by atoms with van der Waals surface area (Å²) < 4.78 is 13.7. The van der Waals surface area contributed by atoms with Gasteiger partial charge in [0.05, 0.1) is 0 Å². The third kappa shape index (κ3) is 2.45. The molecule has 1 N–H and O–H groups in total. The van der Waals surface area contributed by atoms with Crippen LogP contribution < -0.4 is 5.32 Å². The number of hydrogen-bond donors (Lipinski definition) is 1. The molecule has 3 heteroatoms. The minimum Gasteiger partial charge on any atom is -0.309 e. The summed E-state index contributed by atoms with van der Waals surface area (Å²) in [6, 6.07) is 1.20. The van der Waals surface area contributed by atoms with Crippen molar-refractivity contribution in [3.05, 3.63) is 0 Å². The summed E-state index contributed by atoms with van der Waals surface area (Å²) in [5.74, 6) is 0. The van der Waals surface area contributed by atoms with E-state index in [1.54, 1.807) is 0 Å². The molecule has 0 spiro atoms. The summed E-state index contributed by atoms with van der Waals surface area (Å²) in [4.78, 5) is 2.32. The third-order valence-electron chi connectivity index (χ3n) is 3.18. The van der Waals surface area contributed by atoms with E-state index < -0.39 is 6.17 Å². The van der Waals surface area contributed by atoms with Crippen LogP contribution in [0.1, 0.15) is 34.5 Å². The van der Waals surface area contributed by atoms with Gasteiger partial charge >= 0.3 is 0 Å². The molecule has 1 heterocycles. The first-order chi connectivity index (χ1) is 6.66. The summed E-state index contributed by atoms with van der Waals surface area (Å²) in [6.07, 6.45) is 2.87. The number of alkyl halides is 1. The van der Waals surface area contributed by atoms with Crippen LogP contribution in [0.4, 0.5) is 4.39 Å². The largest absolute Gasteiger partial charge is 0.309 e. The van der Waals surface area contributed by atoms with Gasteiger partial charge in [-0.3, -0.25) is 4.90 Å². The van der Waals surface area contributed by atoms with Crippen molar-refractivity contribution in [1.29, 1.82) is 0 Å². The maximum atomic E-state index is 13.7. The molecule has 1 saturated carbocycles. The van der Waals surface area contributed by atoms with Gasteiger partial charge in [-0.15, -0.1) is 0 Å². The summed E-state index contributed by atoms with van der Waals surface area (Å²) in [5.41, 5.74) is 0. The van der Waals surface area contributed by atoms with Crippen molar-refractivity contribution in [3.63, 3.8) is 0 Å². The van der Waals surface area contributed by atoms with Crippen LogP contribution in [0.15, 0.2) is 0 Å². The number of hydrogen-bond acceptors (Lipinski definition) is 2. The van der Waals surface area contributed by atoms with Gasteiger partial charge in [0, 0.05) is 32.6 Å². The summed E-state index contributed by atoms with van der Waals surface area (Å²) >= 11 is 0. The Morgan fingerprint density at radius 1 is 1.36 bits per heavy atom. The molecule has 1 aliphatic carbocycles. The molecule has 84 valence electrons. The molecule has 1 saturated heterocycles. The lowest BCUT2D eigenvalue weighted by Gasteiger charge is -2.36. The number of piperidine rings is 1. The number of nitrogens with zero attached hydrogens (tertiary/aromatic N) is 1. The van der Waals surface area contributed by atoms with Gasteiger partial charge in [0.1, 0.15) is 6.17 Å². The summed E-state index contributed by atoms with van der Waals surface area (Å²) in [5, 5.41) is 3.31. The van der Waals surface area contributed by atoms with E-state index in [4.69, 9.17) is 0 Å². The van der Waals surface area contributed by atoms with Crippen molar-refractivity contribution in [1.82, 2.24) is 10.2 Å². The molecule has 14 heavy (non-hydrogen) atoms. The Bertz CT molecular complexity index is 197. The third-order valence-corrected chi connectivity index (χ3v) is 3.18. The van der Waals surface area contributed by atoms with Gasteiger partial charge < -0.3 is 5.32 Å². The molecule has 0 aromatic heterocycles. The molecule has 2 nitrogen and oxygen atoms in total. The van der Waals surface area contributed by atoms with Crippen LogP contribution in [0, 0.1) is 0 Å². The minimum absolute atomic E-state index is 0. The highest BCUT2D eigenvalue weighted by Gasteiger charge is 2.36. The first kappa shape index (κ1) is 10.4. The fourth-order valence-corrected chi connectivity index (χ4v) is 2.32. The van der Waals surface area contributed by atoms with Gasteiger partial charge in [0.15, 0.2) is 0 Å². The van der Waals surface area contributed by atoms with Gasteiger partial charge in [-0.25, -0.2) is 4.39 Å². The van der Waals surface area contributed by atoms with Crippen molar-refractivity contribution in [3.8, 4) is 0 Å². The van der Waals surface area contributed by atoms with Gasteiger partial charge in [-0.2, -0.15) is 0 Å². The van der Waals surface area contributed by atoms with Gasteiger partial charge in [0.25, 0.3) is 0 Å². The average molecular weight is 202 g/mol. The Morgan fingerprint density at radius 3 is 2.57 bits per heavy atom. The highest BCUT2D eigenvalue weighted by atomic mass is 19.1. The Labute approximate surface area is 87.3 Å². The summed E-state index contributed by atoms with van der Waals surface area (Å²) in [7, 11) is 0. The molecule has 0 aromatic rings. The highest BCUT2D eigenvalue weighted by Crippen LogP contribution is 2.30. The SMILES string of the molecule is CC(C)NC1CCN(C2CC2)CC1F.[HH]. The highest BCUT2D eigenvalue weighted by molar-refractivity contribution is 4.93. The van der Waals surface area contributed by atoms with E-state index in [1.807, 2.05) is 0 Å². The van der Waals surface area contributed by atoms with Crippen molar-refractivity contribution >= 4 is 0 Å². The van der Waals surface area contributed by atoms with Crippen LogP contribution in [0.3, 0.4) is 0 Å². The fraction of sp³-hybridized carbons (Fsp3) is 1.00. The van der Waals surface area contributed by atoms with Crippen molar-refractivity contribution < 1.29 is 5.82 Å². The first-order valence-electron chi connectivity index (χ1n) is 5.81. The predicted molar refractivity (Wildman–Crippen MR) is 58.3 cm³/mol. The Hall–Kier alpha value is -0.150. The quantitative estimate of drug-likeness (QED) is 0.751. The molecule has 2 fully saturated rings. The maximum absolute atomic E-state index is 13.7. The molecular formula is C11H23FN2. The predicted octanol–water partition coefficient (Wildman–Crippen LogP) is 1.81. The lowest BCUT2D eigenvalue weighted by molar-refractivity contribution is 0.0947. The van der Waals surface area contributed by atoms with E-state index in [0.717, 1.165) is 13.0 Å². The van der Waals surface area contributed by atoms with E-state index in [2.05, 4.69) is 24.1 Å². The van der Waals surface area contributed by atoms with Gasteiger partial charge in [-0.1, -0.05) is 13.8 Å². The normalized spacial score (nSPS) is 35.1. The van der Waals surface area contributed by atoms with Crippen LogP contribution in [-0.4, -0.2) is 42.3 Å². The molecule has 0 amide bonds. The van der Waals surface area contributed by atoms with Crippen molar-refractivity contribution in [2.24, 2.45) is 0 Å². The Balaban J connectivity index is 0.00000112. The molecule has 2 aliphatic rings. The van der Waals surface area contributed by atoms with E-state index in [1.165, 1.54) is 12.8 Å². The first-order valence-corrected chi connectivity index (χ1v) is 5.81. The lowest BCUT2D eigenvalue weighted by Crippen LogP contribution is -2.52. The second-order valence-electron chi connectivity index (χ2n) is 4.96. The zero-order valence-corrected chi connectivity index (χ0v) is 9.17. The zero-order valence-electron chi connectivity index (χ0n) is 9.17. The Kier molecular flexibility index (Phi) is 3.07. The number of nitrogens with one attached hydrogen (secondary N) is 1. The molecule has 2 atom stereocenters. The van der Waals surface area contributed by atoms with Gasteiger partial charge in [-0.05, 0) is 19.3 Å². The molecule has 1 aliphatic heterocycles. The zero-order chi connectivity index (χ0) is 10.1. The topological polar surface area (TPSA) is 15.3 Å². The van der Waals surface area contributed by atoms with Crippen LogP contribution >= 0.6 is 0 Å². The van der Waals surface area contributed by atoms with E-state index in [-0.39, 0.29) is 7.47 Å². The standard InChI is InChI=1S/C11H21FN2.H2/c1-8(2)13-11-5-6-14(7-10(11)12)9-3-4-9;/h8-11,13H,3-7H2,1-2H3;1H. The summed E-state index contributed by atoms with van der Waals surface area (Å²) in [6.45, 7) is 5.89. The monoisotopic (exact) mass is 202 g/mol. The fourth-order valence-electron chi connectivity index (χ4n) is 2.32. The van der Waals surface area contributed by atoms with Crippen LogP contribution in [0.5, 0.6) is 0 Å². The van der Waals surface area contributed by atoms with Crippen LogP contribution in [0.25, 0.3) is 0 Å². The van der Waals surface area contributed by atoms with Crippen LogP contribution in [0.2, 0.25) is 0 Å². The second-order valence-corrected chi connectivity index (χ2v) is 4.96. The van der Waals surface area contributed by atoms with E-state index >= 15 is 0 Å². The average Bonchev–Trinajstić information content (AvgIpc) is 2.90. The van der Waals surface area contributed by atoms with Crippen LogP contribution in [-0.2, 0) is 0 Å². The molecule has 2 unspecified atom stereocenters. The minimum atomic E-state index is -0.674. The number of halogens is 1. The molecule has 0 aromatic carbocycles. The van der Waals surface area contributed by atoms with Crippen molar-refractivity contribution in [2.45, 2.75) is 57.4 Å². The molecular weight excluding hydrogens is 179 g/mol. The van der Waals surface area contributed by atoms with Crippen molar-refractivity contribution in [2.75, 3.05) is 13.1 Å². The van der Waals surface area contributed by atoms with E-state index in [0.29, 0.717) is 18.6 Å². The maximum Gasteiger partial charge on any atom is 0.128 e. The van der Waals surface area contributed by atoms with E-state index in [9.17, 15) is 4.39 Å². The van der Waals surface area contributed by atoms with Gasteiger partial charge in [0.2, 0.25) is 0 Å². The number of rotatable bonds is 3. The number of likely N-dealkylation sites (tertiary alicyclic amines) is 1. The molecule has 0 bridgehead atoms. The smallest absolute Gasteiger partial charge is 0.128 e. The second kappa shape index (κ2) is 4.15.